The van der Waals surface area contributed by atoms with Gasteiger partial charge >= 0.3 is 0 Å². The zero-order valence-electron chi connectivity index (χ0n) is 12.3. The van der Waals surface area contributed by atoms with Crippen molar-refractivity contribution in [3.63, 3.8) is 0 Å². The monoisotopic (exact) mass is 340 g/mol. The number of rotatable bonds is 2. The third-order valence-electron chi connectivity index (χ3n) is 3.64. The first kappa shape index (κ1) is 14.5. The number of benzene rings is 2. The number of hydrogen-bond acceptors (Lipinski definition) is 4. The third-order valence-corrected chi connectivity index (χ3v) is 4.92. The van der Waals surface area contributed by atoms with Gasteiger partial charge in [0.05, 0.1) is 11.0 Å². The molecule has 0 saturated carbocycles. The lowest BCUT2D eigenvalue weighted by Gasteiger charge is -2.20. The van der Waals surface area contributed by atoms with Gasteiger partial charge in [0.1, 0.15) is 0 Å². The molecule has 1 unspecified atom stereocenters. The van der Waals surface area contributed by atoms with Crippen molar-refractivity contribution in [1.82, 2.24) is 14.9 Å². The highest BCUT2D eigenvalue weighted by molar-refractivity contribution is 8.00. The van der Waals surface area contributed by atoms with Crippen molar-refractivity contribution in [1.29, 1.82) is 0 Å². The van der Waals surface area contributed by atoms with Crippen LogP contribution in [-0.2, 0) is 0 Å². The summed E-state index contributed by atoms with van der Waals surface area (Å²) in [5.74, 6) is 0.750. The molecule has 0 spiro atoms. The minimum absolute atomic E-state index is 0.189. The van der Waals surface area contributed by atoms with Gasteiger partial charge in [0.2, 0.25) is 5.16 Å². The molecule has 3 aromatic rings. The molecule has 1 atom stereocenters. The van der Waals surface area contributed by atoms with E-state index in [1.807, 2.05) is 59.3 Å². The Kier molecular flexibility index (Phi) is 3.67. The van der Waals surface area contributed by atoms with Crippen molar-refractivity contribution in [3.8, 4) is 11.4 Å². The molecule has 0 amide bonds. The molecule has 1 aliphatic heterocycles. The van der Waals surface area contributed by atoms with Crippen LogP contribution in [0.5, 0.6) is 0 Å². The van der Waals surface area contributed by atoms with E-state index in [0.717, 1.165) is 27.8 Å². The van der Waals surface area contributed by atoms with Gasteiger partial charge in [-0.15, -0.1) is 10.2 Å². The Hall–Kier alpha value is -2.11. The van der Waals surface area contributed by atoms with E-state index in [2.05, 4.69) is 17.1 Å². The summed E-state index contributed by atoms with van der Waals surface area (Å²) in [7, 11) is 0. The SMILES string of the molecule is CC1Sc2nnc(-c3ccccc3)n2N=C1c1cccc(Cl)c1. The van der Waals surface area contributed by atoms with Crippen LogP contribution in [-0.4, -0.2) is 25.8 Å². The summed E-state index contributed by atoms with van der Waals surface area (Å²) in [5, 5.41) is 15.1. The second-order valence-electron chi connectivity index (χ2n) is 5.24. The van der Waals surface area contributed by atoms with Crippen LogP contribution >= 0.6 is 23.4 Å². The first-order valence-electron chi connectivity index (χ1n) is 7.24. The lowest BCUT2D eigenvalue weighted by molar-refractivity contribution is 0.754. The van der Waals surface area contributed by atoms with Gasteiger partial charge in [-0.1, -0.05) is 65.8 Å². The molecule has 4 rings (SSSR count). The third kappa shape index (κ3) is 2.66. The van der Waals surface area contributed by atoms with Crippen molar-refractivity contribution in [2.75, 3.05) is 0 Å². The van der Waals surface area contributed by atoms with Gasteiger partial charge < -0.3 is 0 Å². The predicted molar refractivity (Wildman–Crippen MR) is 94.2 cm³/mol. The van der Waals surface area contributed by atoms with Gasteiger partial charge in [-0.25, -0.2) is 0 Å². The Morgan fingerprint density at radius 3 is 2.57 bits per heavy atom. The number of aromatic nitrogens is 3. The van der Waals surface area contributed by atoms with Gasteiger partial charge in [-0.2, -0.15) is 9.78 Å². The van der Waals surface area contributed by atoms with E-state index in [0.29, 0.717) is 5.02 Å². The molecular formula is C17H13ClN4S. The van der Waals surface area contributed by atoms with Gasteiger partial charge in [-0.05, 0) is 19.1 Å². The van der Waals surface area contributed by atoms with Crippen LogP contribution in [0.2, 0.25) is 5.02 Å². The lowest BCUT2D eigenvalue weighted by atomic mass is 10.1. The largest absolute Gasteiger partial charge is 0.213 e. The summed E-state index contributed by atoms with van der Waals surface area (Å²) < 4.78 is 1.82. The second kappa shape index (κ2) is 5.83. The molecule has 2 heterocycles. The molecule has 23 heavy (non-hydrogen) atoms. The predicted octanol–water partition coefficient (Wildman–Crippen LogP) is 4.35. The van der Waals surface area contributed by atoms with E-state index < -0.39 is 0 Å². The lowest BCUT2D eigenvalue weighted by Crippen LogP contribution is -2.21. The van der Waals surface area contributed by atoms with E-state index in [-0.39, 0.29) is 5.25 Å². The average molecular weight is 341 g/mol. The quantitative estimate of drug-likeness (QED) is 0.696. The number of hydrogen-bond donors (Lipinski definition) is 0. The maximum atomic E-state index is 6.12. The smallest absolute Gasteiger partial charge is 0.187 e. The maximum Gasteiger partial charge on any atom is 0.213 e. The molecule has 2 aromatic carbocycles. The Labute approximate surface area is 143 Å². The first-order valence-corrected chi connectivity index (χ1v) is 8.50. The van der Waals surface area contributed by atoms with Gasteiger partial charge in [0.15, 0.2) is 5.82 Å². The molecule has 1 aromatic heterocycles. The minimum atomic E-state index is 0.189. The Bertz CT molecular complexity index is 889. The van der Waals surface area contributed by atoms with Gasteiger partial charge in [0, 0.05) is 16.1 Å². The van der Waals surface area contributed by atoms with Crippen LogP contribution in [0.1, 0.15) is 12.5 Å². The van der Waals surface area contributed by atoms with Crippen LogP contribution in [0.4, 0.5) is 0 Å². The summed E-state index contributed by atoms with van der Waals surface area (Å²) in [5.41, 5.74) is 2.99. The fourth-order valence-electron chi connectivity index (χ4n) is 2.54. The molecule has 0 bridgehead atoms. The number of thioether (sulfide) groups is 1. The summed E-state index contributed by atoms with van der Waals surface area (Å²) in [6.07, 6.45) is 0. The normalized spacial score (nSPS) is 16.8. The van der Waals surface area contributed by atoms with E-state index >= 15 is 0 Å². The molecule has 0 fully saturated rings. The highest BCUT2D eigenvalue weighted by Gasteiger charge is 2.26. The Balaban J connectivity index is 1.85. The minimum Gasteiger partial charge on any atom is -0.187 e. The van der Waals surface area contributed by atoms with Crippen LogP contribution in [0, 0.1) is 0 Å². The summed E-state index contributed by atoms with van der Waals surface area (Å²) >= 11 is 7.78. The van der Waals surface area contributed by atoms with E-state index in [1.54, 1.807) is 11.8 Å². The molecule has 0 saturated heterocycles. The standard InChI is InChI=1S/C17H13ClN4S/c1-11-15(13-8-5-9-14(18)10-13)21-22-16(19-20-17(22)23-11)12-6-3-2-4-7-12/h2-11H,1H3. The molecule has 0 N–H and O–H groups in total. The molecular weight excluding hydrogens is 328 g/mol. The fraction of sp³-hybridized carbons (Fsp3) is 0.118. The van der Waals surface area contributed by atoms with Crippen molar-refractivity contribution in [2.45, 2.75) is 17.3 Å². The highest BCUT2D eigenvalue weighted by atomic mass is 35.5. The van der Waals surface area contributed by atoms with Gasteiger partial charge in [0.25, 0.3) is 0 Å². The highest BCUT2D eigenvalue weighted by Crippen LogP contribution is 2.33. The second-order valence-corrected chi connectivity index (χ2v) is 6.98. The van der Waals surface area contributed by atoms with E-state index in [1.165, 1.54) is 0 Å². The Morgan fingerprint density at radius 1 is 1.00 bits per heavy atom. The molecule has 4 nitrogen and oxygen atoms in total. The summed E-state index contributed by atoms with van der Waals surface area (Å²) in [6, 6.07) is 17.7. The summed E-state index contributed by atoms with van der Waals surface area (Å²) in [4.78, 5) is 0. The maximum absolute atomic E-state index is 6.12. The zero-order chi connectivity index (χ0) is 15.8. The molecule has 6 heteroatoms. The summed E-state index contributed by atoms with van der Waals surface area (Å²) in [6.45, 7) is 2.12. The van der Waals surface area contributed by atoms with Crippen molar-refractivity contribution < 1.29 is 0 Å². The van der Waals surface area contributed by atoms with Crippen LogP contribution in [0.3, 0.4) is 0 Å². The molecule has 1 aliphatic rings. The fourth-order valence-corrected chi connectivity index (χ4v) is 3.66. The van der Waals surface area contributed by atoms with Crippen LogP contribution < -0.4 is 0 Å². The first-order chi connectivity index (χ1) is 11.2. The van der Waals surface area contributed by atoms with Crippen LogP contribution in [0.25, 0.3) is 11.4 Å². The van der Waals surface area contributed by atoms with Crippen molar-refractivity contribution in [2.24, 2.45) is 5.10 Å². The number of halogens is 1. The van der Waals surface area contributed by atoms with E-state index in [9.17, 15) is 0 Å². The average Bonchev–Trinajstić information content (AvgIpc) is 2.97. The van der Waals surface area contributed by atoms with Crippen molar-refractivity contribution >= 4 is 29.1 Å². The van der Waals surface area contributed by atoms with E-state index in [4.69, 9.17) is 16.7 Å². The molecule has 0 aliphatic carbocycles. The zero-order valence-corrected chi connectivity index (χ0v) is 13.9. The number of fused-ring (bicyclic) bond motifs is 1. The van der Waals surface area contributed by atoms with Crippen molar-refractivity contribution in [3.05, 3.63) is 65.2 Å². The number of nitrogens with zero attached hydrogens (tertiary/aromatic N) is 4. The Morgan fingerprint density at radius 2 is 1.78 bits per heavy atom. The van der Waals surface area contributed by atoms with Crippen LogP contribution in [0.15, 0.2) is 64.9 Å². The van der Waals surface area contributed by atoms with Gasteiger partial charge in [-0.3, -0.25) is 0 Å². The molecule has 0 radical (unpaired) electrons. The topological polar surface area (TPSA) is 43.1 Å². The molecule has 114 valence electrons.